The van der Waals surface area contributed by atoms with Crippen LogP contribution < -0.4 is 4.90 Å². The van der Waals surface area contributed by atoms with Gasteiger partial charge in [0.2, 0.25) is 5.91 Å². The standard InChI is InChI=1S/C21H23NO2S/c1-13-5-8-20(14(2)11-13)25-15(3)21(24)18-6-7-19-17(12-18)9-10-22(19)16(4)23/h5-8,11-12,15H,9-10H2,1-4H3/t15-/m0/s1. The molecule has 1 atom stereocenters. The van der Waals surface area contributed by atoms with E-state index in [-0.39, 0.29) is 16.9 Å². The number of rotatable bonds is 4. The lowest BCUT2D eigenvalue weighted by atomic mass is 10.0. The van der Waals surface area contributed by atoms with Crippen molar-refractivity contribution in [3.63, 3.8) is 0 Å². The van der Waals surface area contributed by atoms with Gasteiger partial charge >= 0.3 is 0 Å². The molecule has 2 aromatic carbocycles. The summed E-state index contributed by atoms with van der Waals surface area (Å²) in [5, 5.41) is -0.148. The molecule has 3 nitrogen and oxygen atoms in total. The number of hydrogen-bond donors (Lipinski definition) is 0. The topological polar surface area (TPSA) is 37.4 Å². The lowest BCUT2D eigenvalue weighted by Crippen LogP contribution is -2.25. The van der Waals surface area contributed by atoms with E-state index < -0.39 is 0 Å². The Morgan fingerprint density at radius 1 is 1.12 bits per heavy atom. The normalized spacial score (nSPS) is 14.3. The van der Waals surface area contributed by atoms with E-state index in [1.807, 2.05) is 25.1 Å². The van der Waals surface area contributed by atoms with Crippen LogP contribution in [0.25, 0.3) is 0 Å². The third-order valence-corrected chi connectivity index (χ3v) is 5.92. The van der Waals surface area contributed by atoms with E-state index in [1.54, 1.807) is 23.6 Å². The van der Waals surface area contributed by atoms with Crippen molar-refractivity contribution in [3.05, 3.63) is 58.7 Å². The number of amides is 1. The van der Waals surface area contributed by atoms with Gasteiger partial charge < -0.3 is 4.90 Å². The summed E-state index contributed by atoms with van der Waals surface area (Å²) in [5.41, 5.74) is 5.20. The van der Waals surface area contributed by atoms with Crippen molar-refractivity contribution in [1.82, 2.24) is 0 Å². The van der Waals surface area contributed by atoms with Crippen LogP contribution in [0.2, 0.25) is 0 Å². The number of nitrogens with zero attached hydrogens (tertiary/aromatic N) is 1. The number of benzene rings is 2. The van der Waals surface area contributed by atoms with Gasteiger partial charge in [0.1, 0.15) is 0 Å². The molecule has 0 bridgehead atoms. The zero-order chi connectivity index (χ0) is 18.1. The SMILES string of the molecule is CC(=O)N1CCc2cc(C(=O)[C@H](C)Sc3ccc(C)cc3C)ccc21. The van der Waals surface area contributed by atoms with E-state index in [0.29, 0.717) is 6.54 Å². The van der Waals surface area contributed by atoms with Crippen LogP contribution in [0, 0.1) is 13.8 Å². The molecule has 2 aromatic rings. The Morgan fingerprint density at radius 3 is 2.56 bits per heavy atom. The molecule has 0 spiro atoms. The first kappa shape index (κ1) is 17.7. The fraction of sp³-hybridized carbons (Fsp3) is 0.333. The number of aryl methyl sites for hydroxylation is 2. The van der Waals surface area contributed by atoms with Crippen LogP contribution >= 0.6 is 11.8 Å². The van der Waals surface area contributed by atoms with Crippen LogP contribution in [0.15, 0.2) is 41.3 Å². The maximum Gasteiger partial charge on any atom is 0.223 e. The highest BCUT2D eigenvalue weighted by Gasteiger charge is 2.24. The van der Waals surface area contributed by atoms with Gasteiger partial charge in [-0.05, 0) is 62.6 Å². The molecule has 130 valence electrons. The summed E-state index contributed by atoms with van der Waals surface area (Å²) >= 11 is 1.61. The van der Waals surface area contributed by atoms with Crippen LogP contribution in [0.4, 0.5) is 5.69 Å². The van der Waals surface area contributed by atoms with Crippen molar-refractivity contribution < 1.29 is 9.59 Å². The Kier molecular flexibility index (Phi) is 5.00. The summed E-state index contributed by atoms with van der Waals surface area (Å²) < 4.78 is 0. The Hall–Kier alpha value is -2.07. The molecule has 0 fully saturated rings. The van der Waals surface area contributed by atoms with E-state index in [9.17, 15) is 9.59 Å². The largest absolute Gasteiger partial charge is 0.312 e. The number of fused-ring (bicyclic) bond motifs is 1. The first-order valence-corrected chi connectivity index (χ1v) is 9.44. The fourth-order valence-electron chi connectivity index (χ4n) is 3.29. The highest BCUT2D eigenvalue weighted by atomic mass is 32.2. The molecule has 25 heavy (non-hydrogen) atoms. The number of hydrogen-bond acceptors (Lipinski definition) is 3. The monoisotopic (exact) mass is 353 g/mol. The minimum atomic E-state index is -0.148. The van der Waals surface area contributed by atoms with Gasteiger partial charge in [-0.25, -0.2) is 0 Å². The number of anilines is 1. The third-order valence-electron chi connectivity index (χ3n) is 4.64. The third kappa shape index (κ3) is 3.64. The summed E-state index contributed by atoms with van der Waals surface area (Å²) in [6, 6.07) is 12.0. The van der Waals surface area contributed by atoms with E-state index >= 15 is 0 Å². The van der Waals surface area contributed by atoms with E-state index in [1.165, 1.54) is 11.1 Å². The van der Waals surface area contributed by atoms with Crippen molar-refractivity contribution in [3.8, 4) is 0 Å². The number of Topliss-reactive ketones (excluding diaryl/α,β-unsaturated/α-hetero) is 1. The molecule has 1 aliphatic rings. The van der Waals surface area contributed by atoms with Crippen molar-refractivity contribution >= 4 is 29.1 Å². The predicted octanol–water partition coefficient (Wildman–Crippen LogP) is 4.58. The Bertz CT molecular complexity index is 844. The van der Waals surface area contributed by atoms with Crippen molar-refractivity contribution in [1.29, 1.82) is 0 Å². The molecule has 0 saturated heterocycles. The van der Waals surface area contributed by atoms with E-state index in [4.69, 9.17) is 0 Å². The van der Waals surface area contributed by atoms with Crippen LogP contribution in [0.5, 0.6) is 0 Å². The summed E-state index contributed by atoms with van der Waals surface area (Å²) in [6.45, 7) is 8.40. The first-order valence-electron chi connectivity index (χ1n) is 8.56. The molecule has 4 heteroatoms. The van der Waals surface area contributed by atoms with Crippen molar-refractivity contribution in [2.24, 2.45) is 0 Å². The summed E-state index contributed by atoms with van der Waals surface area (Å²) in [5.74, 6) is 0.186. The van der Waals surface area contributed by atoms with Gasteiger partial charge in [-0.1, -0.05) is 17.7 Å². The van der Waals surface area contributed by atoms with Crippen LogP contribution in [-0.4, -0.2) is 23.5 Å². The van der Waals surface area contributed by atoms with Gasteiger partial charge in [-0.15, -0.1) is 11.8 Å². The van der Waals surface area contributed by atoms with E-state index in [0.717, 1.165) is 28.1 Å². The minimum Gasteiger partial charge on any atom is -0.312 e. The second-order valence-corrected chi connectivity index (χ2v) is 8.04. The zero-order valence-corrected chi connectivity index (χ0v) is 15.9. The molecule has 0 radical (unpaired) electrons. The molecule has 0 saturated carbocycles. The molecule has 0 aromatic heterocycles. The van der Waals surface area contributed by atoms with Crippen molar-refractivity contribution in [2.45, 2.75) is 44.3 Å². The van der Waals surface area contributed by atoms with Crippen LogP contribution in [-0.2, 0) is 11.2 Å². The van der Waals surface area contributed by atoms with Gasteiger partial charge in [0.05, 0.1) is 5.25 Å². The Balaban J connectivity index is 1.78. The molecule has 3 rings (SSSR count). The molecular weight excluding hydrogens is 330 g/mol. The summed E-state index contributed by atoms with van der Waals surface area (Å²) in [6.07, 6.45) is 0.814. The minimum absolute atomic E-state index is 0.0524. The average molecular weight is 353 g/mol. The first-order chi connectivity index (χ1) is 11.9. The van der Waals surface area contributed by atoms with Gasteiger partial charge in [0.15, 0.2) is 5.78 Å². The van der Waals surface area contributed by atoms with Gasteiger partial charge in [0, 0.05) is 29.6 Å². The second kappa shape index (κ2) is 7.04. The number of carbonyl (C=O) groups is 2. The second-order valence-electron chi connectivity index (χ2n) is 6.66. The van der Waals surface area contributed by atoms with E-state index in [2.05, 4.69) is 32.0 Å². The maximum atomic E-state index is 12.8. The molecular formula is C21H23NO2S. The van der Waals surface area contributed by atoms with Crippen LogP contribution in [0.1, 0.15) is 40.9 Å². The smallest absolute Gasteiger partial charge is 0.223 e. The average Bonchev–Trinajstić information content (AvgIpc) is 3.00. The Morgan fingerprint density at radius 2 is 1.88 bits per heavy atom. The van der Waals surface area contributed by atoms with Crippen molar-refractivity contribution in [2.75, 3.05) is 11.4 Å². The molecule has 0 N–H and O–H groups in total. The van der Waals surface area contributed by atoms with Crippen LogP contribution in [0.3, 0.4) is 0 Å². The van der Waals surface area contributed by atoms with Gasteiger partial charge in [0.25, 0.3) is 0 Å². The maximum absolute atomic E-state index is 12.8. The summed E-state index contributed by atoms with van der Waals surface area (Å²) in [7, 11) is 0. The number of thioether (sulfide) groups is 1. The highest BCUT2D eigenvalue weighted by Crippen LogP contribution is 2.32. The molecule has 1 amide bonds. The highest BCUT2D eigenvalue weighted by molar-refractivity contribution is 8.00. The number of ketones is 1. The number of carbonyl (C=O) groups excluding carboxylic acids is 2. The van der Waals surface area contributed by atoms with Gasteiger partial charge in [-0.3, -0.25) is 9.59 Å². The molecule has 0 unspecified atom stereocenters. The molecule has 0 aliphatic carbocycles. The quantitative estimate of drug-likeness (QED) is 0.596. The lowest BCUT2D eigenvalue weighted by Gasteiger charge is -2.16. The Labute approximate surface area is 153 Å². The molecule has 1 heterocycles. The molecule has 1 aliphatic heterocycles. The van der Waals surface area contributed by atoms with Gasteiger partial charge in [-0.2, -0.15) is 0 Å². The summed E-state index contributed by atoms with van der Waals surface area (Å²) in [4.78, 5) is 27.4. The fourth-order valence-corrected chi connectivity index (χ4v) is 4.31. The zero-order valence-electron chi connectivity index (χ0n) is 15.1. The lowest BCUT2D eigenvalue weighted by molar-refractivity contribution is -0.116. The predicted molar refractivity (Wildman–Crippen MR) is 104 cm³/mol.